The van der Waals surface area contributed by atoms with Crippen molar-refractivity contribution < 1.29 is 13.2 Å². The quantitative estimate of drug-likeness (QED) is 0.785. The lowest BCUT2D eigenvalue weighted by Gasteiger charge is -2.25. The average Bonchev–Trinajstić information content (AvgIpc) is 2.61. The Hall–Kier alpha value is -1.92. The first-order chi connectivity index (χ1) is 12.1. The fraction of sp³-hybridized carbons (Fsp3) is 0.368. The molecule has 1 heterocycles. The predicted octanol–water partition coefficient (Wildman–Crippen LogP) is 4.44. The highest BCUT2D eigenvalue weighted by atomic mass is 35.5. The fourth-order valence-electron chi connectivity index (χ4n) is 2.43. The number of pyridine rings is 1. The number of halogens is 1. The van der Waals surface area contributed by atoms with E-state index in [9.17, 15) is 13.2 Å². The Balaban J connectivity index is 2.35. The van der Waals surface area contributed by atoms with Gasteiger partial charge in [-0.25, -0.2) is 13.4 Å². The van der Waals surface area contributed by atoms with Crippen molar-refractivity contribution in [2.75, 3.05) is 5.32 Å². The lowest BCUT2D eigenvalue weighted by Crippen LogP contribution is -2.44. The summed E-state index contributed by atoms with van der Waals surface area (Å²) in [6.07, 6.45) is 2.45. The Morgan fingerprint density at radius 3 is 2.42 bits per heavy atom. The molecule has 2 aromatic rings. The molecule has 0 aliphatic rings. The van der Waals surface area contributed by atoms with Crippen LogP contribution in [0.5, 0.6) is 0 Å². The summed E-state index contributed by atoms with van der Waals surface area (Å²) in [5.41, 5.74) is 0.878. The maximum atomic E-state index is 12.9. The van der Waals surface area contributed by atoms with E-state index in [4.69, 9.17) is 11.6 Å². The van der Waals surface area contributed by atoms with E-state index in [1.165, 1.54) is 38.1 Å². The summed E-state index contributed by atoms with van der Waals surface area (Å²) in [6.45, 7) is 6.84. The maximum absolute atomic E-state index is 12.9. The molecule has 0 radical (unpaired) electrons. The van der Waals surface area contributed by atoms with Crippen LogP contribution in [0.1, 0.15) is 45.6 Å². The van der Waals surface area contributed by atoms with Gasteiger partial charge in [-0.3, -0.25) is 4.79 Å². The molecule has 1 unspecified atom stereocenters. The molecule has 1 N–H and O–H groups in total. The topological polar surface area (TPSA) is 76.1 Å². The monoisotopic (exact) mass is 394 g/mol. The molecule has 0 saturated heterocycles. The van der Waals surface area contributed by atoms with E-state index >= 15 is 0 Å². The van der Waals surface area contributed by atoms with Crippen LogP contribution in [0.15, 0.2) is 47.5 Å². The number of amides is 1. The summed E-state index contributed by atoms with van der Waals surface area (Å²) in [4.78, 5) is 17.1. The molecule has 0 aliphatic carbocycles. The molecule has 1 aromatic carbocycles. The molecule has 1 amide bonds. The summed E-state index contributed by atoms with van der Waals surface area (Å²) in [6, 6.07) is 9.46. The normalized spacial score (nSPS) is 13.3. The Labute approximate surface area is 159 Å². The second-order valence-corrected chi connectivity index (χ2v) is 9.61. The molecule has 1 atom stereocenters. The molecule has 0 saturated carbocycles. The van der Waals surface area contributed by atoms with E-state index in [-0.39, 0.29) is 10.8 Å². The van der Waals surface area contributed by atoms with E-state index in [1.54, 1.807) is 12.3 Å². The molecule has 1 aromatic heterocycles. The van der Waals surface area contributed by atoms with Crippen LogP contribution in [0.3, 0.4) is 0 Å². The number of rotatable bonds is 6. The van der Waals surface area contributed by atoms with Gasteiger partial charge in [0.05, 0.1) is 4.90 Å². The van der Waals surface area contributed by atoms with E-state index in [0.717, 1.165) is 12.0 Å². The maximum Gasteiger partial charge on any atom is 0.246 e. The Morgan fingerprint density at radius 1 is 1.23 bits per heavy atom. The molecular weight excluding hydrogens is 372 g/mol. The lowest BCUT2D eigenvalue weighted by atomic mass is 9.99. The van der Waals surface area contributed by atoms with Crippen molar-refractivity contribution in [3.05, 3.63) is 53.2 Å². The first kappa shape index (κ1) is 20.4. The van der Waals surface area contributed by atoms with Gasteiger partial charge in [0, 0.05) is 11.2 Å². The highest BCUT2D eigenvalue weighted by Gasteiger charge is 2.43. The summed E-state index contributed by atoms with van der Waals surface area (Å²) in [7, 11) is -3.91. The summed E-state index contributed by atoms with van der Waals surface area (Å²) < 4.78 is 24.2. The molecule has 0 aliphatic heterocycles. The van der Waals surface area contributed by atoms with Gasteiger partial charge in [-0.05, 0) is 62.1 Å². The van der Waals surface area contributed by atoms with Crippen molar-refractivity contribution in [3.8, 4) is 0 Å². The number of nitrogens with one attached hydrogen (secondary N) is 1. The minimum atomic E-state index is -3.91. The van der Waals surface area contributed by atoms with E-state index in [0.29, 0.717) is 10.8 Å². The average molecular weight is 395 g/mol. The van der Waals surface area contributed by atoms with E-state index < -0.39 is 20.5 Å². The van der Waals surface area contributed by atoms with Gasteiger partial charge in [0.15, 0.2) is 9.84 Å². The molecule has 26 heavy (non-hydrogen) atoms. The van der Waals surface area contributed by atoms with Crippen LogP contribution in [-0.4, -0.2) is 24.1 Å². The van der Waals surface area contributed by atoms with Crippen LogP contribution < -0.4 is 5.32 Å². The zero-order valence-electron chi connectivity index (χ0n) is 15.3. The molecule has 0 bridgehead atoms. The summed E-state index contributed by atoms with van der Waals surface area (Å²) >= 11 is 5.82. The van der Waals surface area contributed by atoms with Crippen molar-refractivity contribution in [1.82, 2.24) is 4.98 Å². The van der Waals surface area contributed by atoms with Gasteiger partial charge in [0.25, 0.3) is 0 Å². The highest BCUT2D eigenvalue weighted by molar-refractivity contribution is 7.93. The number of anilines is 1. The molecule has 140 valence electrons. The number of nitrogens with zero attached hydrogens (tertiary/aromatic N) is 1. The van der Waals surface area contributed by atoms with Crippen LogP contribution in [0.4, 0.5) is 5.82 Å². The second-order valence-electron chi connectivity index (χ2n) is 6.67. The summed E-state index contributed by atoms with van der Waals surface area (Å²) in [5, 5.41) is 3.13. The van der Waals surface area contributed by atoms with Crippen LogP contribution in [0.2, 0.25) is 5.02 Å². The van der Waals surface area contributed by atoms with Gasteiger partial charge in [-0.2, -0.15) is 0 Å². The van der Waals surface area contributed by atoms with Crippen LogP contribution >= 0.6 is 11.6 Å². The molecule has 0 spiro atoms. The third-order valence-corrected chi connectivity index (χ3v) is 7.23. The standard InChI is InChI=1S/C19H23ClN2O3S/c1-5-13(2)16-7-6-12-21-17(16)22-18(23)19(3,4)26(24,25)15-10-8-14(20)9-11-15/h6-13H,5H2,1-4H3,(H,21,22,23). The van der Waals surface area contributed by atoms with E-state index in [1.807, 2.05) is 19.9 Å². The van der Waals surface area contributed by atoms with Gasteiger partial charge in [-0.15, -0.1) is 0 Å². The zero-order chi connectivity index (χ0) is 19.5. The fourth-order valence-corrected chi connectivity index (χ4v) is 3.93. The second kappa shape index (κ2) is 7.76. The number of carbonyl (C=O) groups excluding carboxylic acids is 1. The van der Waals surface area contributed by atoms with Crippen molar-refractivity contribution in [3.63, 3.8) is 0 Å². The third kappa shape index (κ3) is 3.91. The van der Waals surface area contributed by atoms with Gasteiger partial charge in [0.2, 0.25) is 5.91 Å². The number of aromatic nitrogens is 1. The Bertz CT molecular complexity index is 893. The smallest absolute Gasteiger partial charge is 0.246 e. The van der Waals surface area contributed by atoms with Crippen LogP contribution in [-0.2, 0) is 14.6 Å². The molecule has 2 rings (SSSR count). The Morgan fingerprint density at radius 2 is 1.85 bits per heavy atom. The highest BCUT2D eigenvalue weighted by Crippen LogP contribution is 2.30. The summed E-state index contributed by atoms with van der Waals surface area (Å²) in [5.74, 6) is -0.0445. The number of carbonyl (C=O) groups is 1. The number of hydrogen-bond acceptors (Lipinski definition) is 4. The first-order valence-electron chi connectivity index (χ1n) is 8.37. The van der Waals surface area contributed by atoms with Gasteiger partial charge in [-0.1, -0.05) is 31.5 Å². The minimum Gasteiger partial charge on any atom is -0.309 e. The van der Waals surface area contributed by atoms with Crippen LogP contribution in [0, 0.1) is 0 Å². The molecule has 7 heteroatoms. The first-order valence-corrected chi connectivity index (χ1v) is 10.2. The van der Waals surface area contributed by atoms with Gasteiger partial charge < -0.3 is 5.32 Å². The lowest BCUT2D eigenvalue weighted by molar-refractivity contribution is -0.117. The zero-order valence-corrected chi connectivity index (χ0v) is 16.9. The van der Waals surface area contributed by atoms with Crippen molar-refractivity contribution >= 4 is 33.2 Å². The van der Waals surface area contributed by atoms with Gasteiger partial charge in [0.1, 0.15) is 10.6 Å². The van der Waals surface area contributed by atoms with Crippen molar-refractivity contribution in [2.24, 2.45) is 0 Å². The largest absolute Gasteiger partial charge is 0.309 e. The Kier molecular flexibility index (Phi) is 6.09. The number of benzene rings is 1. The number of sulfone groups is 1. The predicted molar refractivity (Wildman–Crippen MR) is 104 cm³/mol. The SMILES string of the molecule is CCC(C)c1cccnc1NC(=O)C(C)(C)S(=O)(=O)c1ccc(Cl)cc1. The van der Waals surface area contributed by atoms with Crippen molar-refractivity contribution in [2.45, 2.75) is 49.7 Å². The molecule has 0 fully saturated rings. The van der Waals surface area contributed by atoms with Crippen molar-refractivity contribution in [1.29, 1.82) is 0 Å². The number of hydrogen-bond donors (Lipinski definition) is 1. The van der Waals surface area contributed by atoms with E-state index in [2.05, 4.69) is 10.3 Å². The molecule has 5 nitrogen and oxygen atoms in total. The molecular formula is C19H23ClN2O3S. The third-order valence-electron chi connectivity index (χ3n) is 4.56. The van der Waals surface area contributed by atoms with Crippen LogP contribution in [0.25, 0.3) is 0 Å². The minimum absolute atomic E-state index is 0.0465. The van der Waals surface area contributed by atoms with Gasteiger partial charge >= 0.3 is 0 Å².